The monoisotopic (exact) mass is 319 g/mol. The number of hydrogen-bond acceptors (Lipinski definition) is 3. The van der Waals surface area contributed by atoms with Crippen molar-refractivity contribution in [1.82, 2.24) is 5.32 Å². The highest BCUT2D eigenvalue weighted by Crippen LogP contribution is 2.28. The van der Waals surface area contributed by atoms with Crippen LogP contribution in [0.3, 0.4) is 0 Å². The molecule has 1 rings (SSSR count). The molecule has 0 radical (unpaired) electrons. The number of hydrogen-bond donors (Lipinski definition) is 1. The van der Waals surface area contributed by atoms with Crippen LogP contribution in [0.25, 0.3) is 6.08 Å². The number of amides is 1. The quantitative estimate of drug-likeness (QED) is 0.702. The Balaban J connectivity index is 2.63. The van der Waals surface area contributed by atoms with Gasteiger partial charge in [0.25, 0.3) is 0 Å². The van der Waals surface area contributed by atoms with Crippen molar-refractivity contribution >= 4 is 12.0 Å². The lowest BCUT2D eigenvalue weighted by Gasteiger charge is -2.12. The average molecular weight is 319 g/mol. The van der Waals surface area contributed by atoms with E-state index < -0.39 is 0 Å². The molecular formula is C19H29NO3. The van der Waals surface area contributed by atoms with Crippen molar-refractivity contribution in [2.24, 2.45) is 11.8 Å². The number of nitrogens with one attached hydrogen (secondary N) is 1. The number of carbonyl (C=O) groups excluding carboxylic acids is 1. The van der Waals surface area contributed by atoms with Crippen LogP contribution >= 0.6 is 0 Å². The molecule has 0 heterocycles. The molecule has 0 aliphatic rings. The van der Waals surface area contributed by atoms with Crippen LogP contribution in [0.4, 0.5) is 0 Å². The zero-order valence-corrected chi connectivity index (χ0v) is 14.9. The van der Waals surface area contributed by atoms with Gasteiger partial charge >= 0.3 is 0 Å². The average Bonchev–Trinajstić information content (AvgIpc) is 2.50. The van der Waals surface area contributed by atoms with Crippen molar-refractivity contribution in [2.45, 2.75) is 34.1 Å². The van der Waals surface area contributed by atoms with Gasteiger partial charge in [-0.2, -0.15) is 0 Å². The SMILES string of the molecule is COc1cc(/C=C/C(=O)NCCC(C)C)ccc1OCC(C)C. The van der Waals surface area contributed by atoms with Gasteiger partial charge in [-0.05, 0) is 42.0 Å². The van der Waals surface area contributed by atoms with Gasteiger partial charge in [0.2, 0.25) is 5.91 Å². The zero-order valence-electron chi connectivity index (χ0n) is 14.9. The molecule has 23 heavy (non-hydrogen) atoms. The van der Waals surface area contributed by atoms with Gasteiger partial charge in [-0.1, -0.05) is 33.8 Å². The van der Waals surface area contributed by atoms with E-state index in [0.29, 0.717) is 30.7 Å². The van der Waals surface area contributed by atoms with Gasteiger partial charge in [0.1, 0.15) is 0 Å². The minimum Gasteiger partial charge on any atom is -0.493 e. The lowest BCUT2D eigenvalue weighted by molar-refractivity contribution is -0.116. The van der Waals surface area contributed by atoms with Crippen LogP contribution in [0.2, 0.25) is 0 Å². The fourth-order valence-electron chi connectivity index (χ4n) is 1.88. The Morgan fingerprint density at radius 2 is 1.91 bits per heavy atom. The van der Waals surface area contributed by atoms with E-state index in [1.54, 1.807) is 19.3 Å². The first-order chi connectivity index (χ1) is 10.9. The minimum atomic E-state index is -0.0789. The van der Waals surface area contributed by atoms with Gasteiger partial charge in [0.15, 0.2) is 11.5 Å². The molecular weight excluding hydrogens is 290 g/mol. The maximum Gasteiger partial charge on any atom is 0.243 e. The maximum atomic E-state index is 11.7. The number of rotatable bonds is 9. The molecule has 0 spiro atoms. The highest BCUT2D eigenvalue weighted by Gasteiger charge is 2.06. The van der Waals surface area contributed by atoms with Crippen molar-refractivity contribution in [3.63, 3.8) is 0 Å². The van der Waals surface area contributed by atoms with E-state index in [0.717, 1.165) is 17.7 Å². The van der Waals surface area contributed by atoms with Crippen LogP contribution in [0, 0.1) is 11.8 Å². The first-order valence-corrected chi connectivity index (χ1v) is 8.19. The van der Waals surface area contributed by atoms with Crippen LogP contribution in [0.5, 0.6) is 11.5 Å². The molecule has 0 atom stereocenters. The van der Waals surface area contributed by atoms with E-state index in [4.69, 9.17) is 9.47 Å². The van der Waals surface area contributed by atoms with E-state index in [1.165, 1.54) is 0 Å². The summed E-state index contributed by atoms with van der Waals surface area (Å²) in [6.45, 7) is 9.81. The Labute approximate surface area is 139 Å². The zero-order chi connectivity index (χ0) is 17.2. The summed E-state index contributed by atoms with van der Waals surface area (Å²) in [7, 11) is 1.61. The second-order valence-corrected chi connectivity index (χ2v) is 6.42. The van der Waals surface area contributed by atoms with Gasteiger partial charge in [-0.15, -0.1) is 0 Å². The van der Waals surface area contributed by atoms with Gasteiger partial charge in [0, 0.05) is 12.6 Å². The molecule has 1 amide bonds. The summed E-state index contributed by atoms with van der Waals surface area (Å²) >= 11 is 0. The lowest BCUT2D eigenvalue weighted by Crippen LogP contribution is -2.23. The lowest BCUT2D eigenvalue weighted by atomic mass is 10.1. The van der Waals surface area contributed by atoms with Gasteiger partial charge in [-0.25, -0.2) is 0 Å². The molecule has 4 heteroatoms. The molecule has 0 fully saturated rings. The first kappa shape index (κ1) is 19.1. The van der Waals surface area contributed by atoms with Crippen LogP contribution < -0.4 is 14.8 Å². The topological polar surface area (TPSA) is 47.6 Å². The molecule has 0 unspecified atom stereocenters. The number of methoxy groups -OCH3 is 1. The normalized spacial score (nSPS) is 11.3. The summed E-state index contributed by atoms with van der Waals surface area (Å²) < 4.78 is 11.1. The van der Waals surface area contributed by atoms with Crippen LogP contribution in [0.15, 0.2) is 24.3 Å². The number of carbonyl (C=O) groups is 1. The van der Waals surface area contributed by atoms with Crippen molar-refractivity contribution < 1.29 is 14.3 Å². The van der Waals surface area contributed by atoms with Crippen LogP contribution in [-0.4, -0.2) is 26.2 Å². The largest absolute Gasteiger partial charge is 0.493 e. The predicted molar refractivity (Wildman–Crippen MR) is 94.8 cm³/mol. The first-order valence-electron chi connectivity index (χ1n) is 8.19. The fraction of sp³-hybridized carbons (Fsp3) is 0.526. The molecule has 1 aromatic rings. The van der Waals surface area contributed by atoms with Crippen LogP contribution in [-0.2, 0) is 4.79 Å². The summed E-state index contributed by atoms with van der Waals surface area (Å²) in [6.07, 6.45) is 4.30. The van der Waals surface area contributed by atoms with E-state index in [1.807, 2.05) is 18.2 Å². The Hall–Kier alpha value is -1.97. The summed E-state index contributed by atoms with van der Waals surface area (Å²) in [5, 5.41) is 2.88. The van der Waals surface area contributed by atoms with Gasteiger partial charge in [0.05, 0.1) is 13.7 Å². The smallest absolute Gasteiger partial charge is 0.243 e. The van der Waals surface area contributed by atoms with Gasteiger partial charge in [-0.3, -0.25) is 4.79 Å². The highest BCUT2D eigenvalue weighted by molar-refractivity contribution is 5.91. The molecule has 1 aromatic carbocycles. The molecule has 0 saturated carbocycles. The third-order valence-electron chi connectivity index (χ3n) is 3.21. The van der Waals surface area contributed by atoms with Crippen molar-refractivity contribution in [1.29, 1.82) is 0 Å². The van der Waals surface area contributed by atoms with E-state index in [-0.39, 0.29) is 5.91 Å². The minimum absolute atomic E-state index is 0.0789. The number of ether oxygens (including phenoxy) is 2. The Morgan fingerprint density at radius 1 is 1.17 bits per heavy atom. The summed E-state index contributed by atoms with van der Waals surface area (Å²) in [5.41, 5.74) is 0.901. The highest BCUT2D eigenvalue weighted by atomic mass is 16.5. The molecule has 4 nitrogen and oxygen atoms in total. The van der Waals surface area contributed by atoms with Gasteiger partial charge < -0.3 is 14.8 Å². The summed E-state index contributed by atoms with van der Waals surface area (Å²) in [5.74, 6) is 2.35. The molecule has 1 N–H and O–H groups in total. The van der Waals surface area contributed by atoms with Crippen molar-refractivity contribution in [3.8, 4) is 11.5 Å². The standard InChI is InChI=1S/C19H29NO3/c1-14(2)10-11-20-19(21)9-7-16-6-8-17(18(12-16)22-5)23-13-15(3)4/h6-9,12,14-15H,10-11,13H2,1-5H3,(H,20,21)/b9-7+. The third-order valence-corrected chi connectivity index (χ3v) is 3.21. The molecule has 0 aliphatic carbocycles. The third kappa shape index (κ3) is 7.73. The molecule has 0 aromatic heterocycles. The molecule has 128 valence electrons. The second kappa shape index (κ2) is 9.93. The van der Waals surface area contributed by atoms with E-state index in [2.05, 4.69) is 33.0 Å². The van der Waals surface area contributed by atoms with Crippen molar-refractivity contribution in [3.05, 3.63) is 29.8 Å². The second-order valence-electron chi connectivity index (χ2n) is 6.42. The predicted octanol–water partition coefficient (Wildman–Crippen LogP) is 3.91. The van der Waals surface area contributed by atoms with Crippen LogP contribution in [0.1, 0.15) is 39.7 Å². The van der Waals surface area contributed by atoms with E-state index in [9.17, 15) is 4.79 Å². The Morgan fingerprint density at radius 3 is 2.52 bits per heavy atom. The summed E-state index contributed by atoms with van der Waals surface area (Å²) in [6, 6.07) is 5.65. The summed E-state index contributed by atoms with van der Waals surface area (Å²) in [4.78, 5) is 11.7. The van der Waals surface area contributed by atoms with Crippen molar-refractivity contribution in [2.75, 3.05) is 20.3 Å². The van der Waals surface area contributed by atoms with E-state index >= 15 is 0 Å². The molecule has 0 aliphatic heterocycles. The molecule has 0 bridgehead atoms. The number of benzene rings is 1. The fourth-order valence-corrected chi connectivity index (χ4v) is 1.88. The molecule has 0 saturated heterocycles. The Bertz CT molecular complexity index is 521. The maximum absolute atomic E-state index is 11.7. The Kier molecular flexibility index (Phi) is 8.23.